The zero-order chi connectivity index (χ0) is 16.9. The molecule has 4 heteroatoms. The Bertz CT molecular complexity index is 696. The van der Waals surface area contributed by atoms with Gasteiger partial charge >= 0.3 is 0 Å². The van der Waals surface area contributed by atoms with Crippen molar-refractivity contribution < 1.29 is 14.3 Å². The maximum absolute atomic E-state index is 12.7. The van der Waals surface area contributed by atoms with E-state index in [0.717, 1.165) is 35.4 Å². The fourth-order valence-corrected chi connectivity index (χ4v) is 3.21. The van der Waals surface area contributed by atoms with Crippen molar-refractivity contribution in [3.8, 4) is 5.75 Å². The molecule has 0 spiro atoms. The van der Waals surface area contributed by atoms with Gasteiger partial charge in [-0.3, -0.25) is 4.79 Å². The molecule has 0 N–H and O–H groups in total. The van der Waals surface area contributed by atoms with E-state index >= 15 is 0 Å². The molecule has 0 aromatic heterocycles. The number of methoxy groups -OCH3 is 2. The number of anilines is 1. The summed E-state index contributed by atoms with van der Waals surface area (Å²) in [5, 5.41) is 0. The molecule has 3 rings (SSSR count). The molecule has 24 heavy (non-hydrogen) atoms. The molecule has 1 amide bonds. The summed E-state index contributed by atoms with van der Waals surface area (Å²) in [6, 6.07) is 15.9. The van der Waals surface area contributed by atoms with Gasteiger partial charge in [-0.25, -0.2) is 0 Å². The van der Waals surface area contributed by atoms with Crippen LogP contribution in [0.5, 0.6) is 5.75 Å². The van der Waals surface area contributed by atoms with Crippen molar-refractivity contribution in [3.63, 3.8) is 0 Å². The number of hydrogen-bond donors (Lipinski definition) is 0. The minimum Gasteiger partial charge on any atom is -0.497 e. The van der Waals surface area contributed by atoms with Crippen LogP contribution in [-0.2, 0) is 16.0 Å². The van der Waals surface area contributed by atoms with Crippen molar-refractivity contribution in [2.24, 2.45) is 0 Å². The first-order valence-electron chi connectivity index (χ1n) is 8.28. The van der Waals surface area contributed by atoms with Crippen LogP contribution in [0.4, 0.5) is 5.69 Å². The Morgan fingerprint density at radius 1 is 1.12 bits per heavy atom. The normalized spacial score (nSPS) is 16.6. The standard InChI is InChI=1S/C20H23NO3/c1-23-16-10-7-15(8-11-16)9-12-20(22)21-14-13-19(24-2)17-5-3-4-6-18(17)21/h3-8,10-11,19H,9,12-14H2,1-2H3. The number of benzene rings is 2. The monoisotopic (exact) mass is 325 g/mol. The number of rotatable bonds is 5. The van der Waals surface area contributed by atoms with Crippen LogP contribution >= 0.6 is 0 Å². The average molecular weight is 325 g/mol. The summed E-state index contributed by atoms with van der Waals surface area (Å²) in [6.07, 6.45) is 2.14. The van der Waals surface area contributed by atoms with Gasteiger partial charge in [-0.1, -0.05) is 30.3 Å². The number of hydrogen-bond acceptors (Lipinski definition) is 3. The highest BCUT2D eigenvalue weighted by Crippen LogP contribution is 2.35. The van der Waals surface area contributed by atoms with Gasteiger partial charge in [0.1, 0.15) is 5.75 Å². The fourth-order valence-electron chi connectivity index (χ4n) is 3.21. The van der Waals surface area contributed by atoms with Crippen molar-refractivity contribution in [1.29, 1.82) is 0 Å². The Hall–Kier alpha value is -2.33. The largest absolute Gasteiger partial charge is 0.497 e. The molecule has 0 aliphatic carbocycles. The highest BCUT2D eigenvalue weighted by Gasteiger charge is 2.27. The molecule has 126 valence electrons. The van der Waals surface area contributed by atoms with Crippen molar-refractivity contribution in [2.75, 3.05) is 25.7 Å². The molecule has 2 aromatic carbocycles. The lowest BCUT2D eigenvalue weighted by atomic mass is 9.98. The molecule has 1 unspecified atom stereocenters. The second-order valence-corrected chi connectivity index (χ2v) is 5.97. The van der Waals surface area contributed by atoms with Gasteiger partial charge in [0.2, 0.25) is 5.91 Å². The quantitative estimate of drug-likeness (QED) is 0.840. The number of amides is 1. The molecule has 1 heterocycles. The van der Waals surface area contributed by atoms with Crippen LogP contribution in [0.1, 0.15) is 30.1 Å². The maximum Gasteiger partial charge on any atom is 0.227 e. The smallest absolute Gasteiger partial charge is 0.227 e. The van der Waals surface area contributed by atoms with Crippen LogP contribution in [0.25, 0.3) is 0 Å². The lowest BCUT2D eigenvalue weighted by Gasteiger charge is -2.33. The SMILES string of the molecule is COc1ccc(CCC(=O)N2CCC(OC)c3ccccc32)cc1. The van der Waals surface area contributed by atoms with Gasteiger partial charge in [0, 0.05) is 31.3 Å². The summed E-state index contributed by atoms with van der Waals surface area (Å²) in [5.74, 6) is 0.994. The number of nitrogens with zero attached hydrogens (tertiary/aromatic N) is 1. The summed E-state index contributed by atoms with van der Waals surface area (Å²) in [4.78, 5) is 14.6. The van der Waals surface area contributed by atoms with Crippen LogP contribution in [-0.4, -0.2) is 26.7 Å². The lowest BCUT2D eigenvalue weighted by Crippen LogP contribution is -2.37. The number of aryl methyl sites for hydroxylation is 1. The first kappa shape index (κ1) is 16.5. The summed E-state index contributed by atoms with van der Waals surface area (Å²) < 4.78 is 10.7. The zero-order valence-electron chi connectivity index (χ0n) is 14.2. The fraction of sp³-hybridized carbons (Fsp3) is 0.350. The number of para-hydroxylation sites is 1. The third-order valence-electron chi connectivity index (χ3n) is 4.56. The molecular formula is C20H23NO3. The van der Waals surface area contributed by atoms with Gasteiger partial charge in [0.05, 0.1) is 13.2 Å². The van der Waals surface area contributed by atoms with Crippen LogP contribution in [0.2, 0.25) is 0 Å². The Balaban J connectivity index is 1.68. The minimum absolute atomic E-state index is 0.0758. The number of carbonyl (C=O) groups excluding carboxylic acids is 1. The van der Waals surface area contributed by atoms with Gasteiger partial charge in [-0.05, 0) is 36.6 Å². The van der Waals surface area contributed by atoms with Gasteiger partial charge in [-0.2, -0.15) is 0 Å². The van der Waals surface area contributed by atoms with E-state index in [-0.39, 0.29) is 12.0 Å². The molecule has 2 aromatic rings. The van der Waals surface area contributed by atoms with E-state index in [4.69, 9.17) is 9.47 Å². The molecule has 0 fully saturated rings. The maximum atomic E-state index is 12.7. The molecule has 0 saturated heterocycles. The summed E-state index contributed by atoms with van der Waals surface area (Å²) in [6.45, 7) is 0.705. The third-order valence-corrected chi connectivity index (χ3v) is 4.56. The number of ether oxygens (including phenoxy) is 2. The summed E-state index contributed by atoms with van der Waals surface area (Å²) in [5.41, 5.74) is 3.23. The molecule has 0 saturated carbocycles. The number of fused-ring (bicyclic) bond motifs is 1. The van der Waals surface area contributed by atoms with Crippen molar-refractivity contribution in [2.45, 2.75) is 25.4 Å². The molecule has 1 aliphatic heterocycles. The zero-order valence-corrected chi connectivity index (χ0v) is 14.2. The lowest BCUT2D eigenvalue weighted by molar-refractivity contribution is -0.118. The van der Waals surface area contributed by atoms with E-state index in [0.29, 0.717) is 13.0 Å². The van der Waals surface area contributed by atoms with E-state index < -0.39 is 0 Å². The highest BCUT2D eigenvalue weighted by molar-refractivity contribution is 5.94. The highest BCUT2D eigenvalue weighted by atomic mass is 16.5. The molecular weight excluding hydrogens is 302 g/mol. The molecule has 0 bridgehead atoms. The Kier molecular flexibility index (Phi) is 5.16. The van der Waals surface area contributed by atoms with E-state index in [9.17, 15) is 4.79 Å². The van der Waals surface area contributed by atoms with Crippen LogP contribution in [0, 0.1) is 0 Å². The van der Waals surface area contributed by atoms with Crippen LogP contribution in [0.15, 0.2) is 48.5 Å². The molecule has 1 atom stereocenters. The Labute approximate surface area is 143 Å². The first-order valence-corrected chi connectivity index (χ1v) is 8.28. The van der Waals surface area contributed by atoms with E-state index in [1.54, 1.807) is 14.2 Å². The predicted molar refractivity (Wildman–Crippen MR) is 94.5 cm³/mol. The third kappa shape index (κ3) is 3.44. The van der Waals surface area contributed by atoms with E-state index in [1.165, 1.54) is 0 Å². The van der Waals surface area contributed by atoms with E-state index in [1.807, 2.05) is 53.4 Å². The topological polar surface area (TPSA) is 38.8 Å². The Morgan fingerprint density at radius 2 is 1.88 bits per heavy atom. The number of carbonyl (C=O) groups is 1. The van der Waals surface area contributed by atoms with Crippen LogP contribution < -0.4 is 9.64 Å². The molecule has 0 radical (unpaired) electrons. The second-order valence-electron chi connectivity index (χ2n) is 5.97. The van der Waals surface area contributed by atoms with Crippen molar-refractivity contribution >= 4 is 11.6 Å². The summed E-state index contributed by atoms with van der Waals surface area (Å²) in [7, 11) is 3.38. The Morgan fingerprint density at radius 3 is 2.58 bits per heavy atom. The van der Waals surface area contributed by atoms with Gasteiger partial charge < -0.3 is 14.4 Å². The van der Waals surface area contributed by atoms with Crippen molar-refractivity contribution in [3.05, 3.63) is 59.7 Å². The minimum atomic E-state index is 0.0758. The van der Waals surface area contributed by atoms with E-state index in [2.05, 4.69) is 0 Å². The summed E-state index contributed by atoms with van der Waals surface area (Å²) >= 11 is 0. The van der Waals surface area contributed by atoms with Crippen LogP contribution in [0.3, 0.4) is 0 Å². The first-order chi connectivity index (χ1) is 11.7. The second kappa shape index (κ2) is 7.49. The average Bonchev–Trinajstić information content (AvgIpc) is 2.65. The van der Waals surface area contributed by atoms with Crippen molar-refractivity contribution in [1.82, 2.24) is 0 Å². The van der Waals surface area contributed by atoms with Gasteiger partial charge in [0.15, 0.2) is 0 Å². The molecule has 1 aliphatic rings. The van der Waals surface area contributed by atoms with Gasteiger partial charge in [-0.15, -0.1) is 0 Å². The van der Waals surface area contributed by atoms with Gasteiger partial charge in [0.25, 0.3) is 0 Å². The molecule has 4 nitrogen and oxygen atoms in total. The predicted octanol–water partition coefficient (Wildman–Crippen LogP) is 3.75.